The summed E-state index contributed by atoms with van der Waals surface area (Å²) in [4.78, 5) is 8.79. The van der Waals surface area contributed by atoms with Gasteiger partial charge in [0.15, 0.2) is 5.96 Å². The Morgan fingerprint density at radius 1 is 1.25 bits per heavy atom. The maximum absolute atomic E-state index is 10.2. The van der Waals surface area contributed by atoms with Gasteiger partial charge < -0.3 is 20.2 Å². The highest BCUT2D eigenvalue weighted by Gasteiger charge is 2.08. The van der Waals surface area contributed by atoms with E-state index in [9.17, 15) is 5.11 Å². The number of aryl methyl sites for hydroxylation is 2. The van der Waals surface area contributed by atoms with Crippen LogP contribution in [0.5, 0.6) is 0 Å². The van der Waals surface area contributed by atoms with Crippen LogP contribution in [0.15, 0.2) is 39.7 Å². The number of hydrogen-bond acceptors (Lipinski definition) is 4. The Labute approximate surface area is 143 Å². The van der Waals surface area contributed by atoms with Gasteiger partial charge in [-0.2, -0.15) is 0 Å². The monoisotopic (exact) mass is 330 g/mol. The first kappa shape index (κ1) is 18.0. The van der Waals surface area contributed by atoms with E-state index in [1.54, 1.807) is 0 Å². The molecule has 0 radical (unpaired) electrons. The van der Waals surface area contributed by atoms with Gasteiger partial charge in [-0.3, -0.25) is 0 Å². The average Bonchev–Trinajstić information content (AvgIpc) is 2.91. The number of guanidine groups is 1. The molecular weight excluding hydrogens is 304 g/mol. The zero-order valence-corrected chi connectivity index (χ0v) is 14.5. The van der Waals surface area contributed by atoms with Crippen LogP contribution in [-0.4, -0.2) is 29.1 Å². The molecule has 2 rings (SSSR count). The summed E-state index contributed by atoms with van der Waals surface area (Å²) in [5, 5.41) is 16.6. The molecule has 2 aromatic rings. The number of nitrogens with one attached hydrogen (secondary N) is 2. The number of benzene rings is 1. The molecule has 0 bridgehead atoms. The normalized spacial score (nSPS) is 12.9. The van der Waals surface area contributed by atoms with Crippen LogP contribution in [-0.2, 0) is 6.54 Å². The molecule has 1 aromatic carbocycles. The van der Waals surface area contributed by atoms with Crippen molar-refractivity contribution in [2.45, 2.75) is 39.8 Å². The fraction of sp³-hybridized carbons (Fsp3) is 0.444. The van der Waals surface area contributed by atoms with E-state index in [0.29, 0.717) is 31.4 Å². The van der Waals surface area contributed by atoms with Crippen molar-refractivity contribution in [2.24, 2.45) is 4.99 Å². The average molecular weight is 330 g/mol. The summed E-state index contributed by atoms with van der Waals surface area (Å²) in [5.74, 6) is 2.11. The number of nitrogens with zero attached hydrogens (tertiary/aromatic N) is 2. The van der Waals surface area contributed by atoms with Gasteiger partial charge in [-0.1, -0.05) is 30.3 Å². The highest BCUT2D eigenvalue weighted by atomic mass is 16.4. The molecule has 3 N–H and O–H groups in total. The fourth-order valence-electron chi connectivity index (χ4n) is 2.26. The van der Waals surface area contributed by atoms with Crippen LogP contribution >= 0.6 is 0 Å². The molecule has 0 saturated carbocycles. The van der Waals surface area contributed by atoms with Crippen LogP contribution in [0.3, 0.4) is 0 Å². The lowest BCUT2D eigenvalue weighted by Gasteiger charge is -2.14. The fourth-order valence-corrected chi connectivity index (χ4v) is 2.26. The summed E-state index contributed by atoms with van der Waals surface area (Å²) >= 11 is 0. The number of rotatable bonds is 7. The third-order valence-electron chi connectivity index (χ3n) is 3.68. The molecule has 1 aromatic heterocycles. The molecule has 0 fully saturated rings. The van der Waals surface area contributed by atoms with Crippen molar-refractivity contribution in [3.8, 4) is 0 Å². The molecule has 6 nitrogen and oxygen atoms in total. The summed E-state index contributed by atoms with van der Waals surface area (Å²) in [6.45, 7) is 7.58. The maximum Gasteiger partial charge on any atom is 0.216 e. The van der Waals surface area contributed by atoms with E-state index in [4.69, 9.17) is 4.42 Å². The molecule has 24 heavy (non-hydrogen) atoms. The molecule has 0 amide bonds. The second-order valence-corrected chi connectivity index (χ2v) is 5.59. The number of aliphatic hydroxyl groups excluding tert-OH is 1. The Bertz CT molecular complexity index is 633. The highest BCUT2D eigenvalue weighted by molar-refractivity contribution is 5.79. The Morgan fingerprint density at radius 2 is 2.00 bits per heavy atom. The second kappa shape index (κ2) is 9.08. The van der Waals surface area contributed by atoms with Gasteiger partial charge in [-0.25, -0.2) is 9.98 Å². The summed E-state index contributed by atoms with van der Waals surface area (Å²) in [6, 6.07) is 9.65. The Kier molecular flexibility index (Phi) is 6.81. The van der Waals surface area contributed by atoms with Crippen LogP contribution in [0.4, 0.5) is 0 Å². The van der Waals surface area contributed by atoms with Crippen molar-refractivity contribution in [2.75, 3.05) is 13.1 Å². The van der Waals surface area contributed by atoms with Gasteiger partial charge >= 0.3 is 0 Å². The van der Waals surface area contributed by atoms with Crippen LogP contribution in [0.2, 0.25) is 0 Å². The number of aliphatic hydroxyl groups is 1. The Balaban J connectivity index is 1.85. The van der Waals surface area contributed by atoms with Crippen LogP contribution in [0.25, 0.3) is 0 Å². The second-order valence-electron chi connectivity index (χ2n) is 5.59. The van der Waals surface area contributed by atoms with E-state index < -0.39 is 6.10 Å². The third-order valence-corrected chi connectivity index (χ3v) is 3.68. The predicted octanol–water partition coefficient (Wildman–Crippen LogP) is 2.47. The zero-order valence-electron chi connectivity index (χ0n) is 14.5. The minimum atomic E-state index is -0.487. The van der Waals surface area contributed by atoms with E-state index in [2.05, 4.69) is 20.6 Å². The SMILES string of the molecule is CCNC(=NCc1nc(C)c(C)o1)NCCC(O)c1ccccc1. The zero-order chi connectivity index (χ0) is 17.4. The summed E-state index contributed by atoms with van der Waals surface area (Å²) in [6.07, 6.45) is 0.115. The molecule has 130 valence electrons. The van der Waals surface area contributed by atoms with Crippen molar-refractivity contribution in [1.29, 1.82) is 0 Å². The number of hydrogen-bond donors (Lipinski definition) is 3. The van der Waals surface area contributed by atoms with Crippen molar-refractivity contribution in [3.63, 3.8) is 0 Å². The quantitative estimate of drug-likeness (QED) is 0.537. The smallest absolute Gasteiger partial charge is 0.216 e. The molecule has 1 atom stereocenters. The van der Waals surface area contributed by atoms with Gasteiger partial charge in [-0.15, -0.1) is 0 Å². The van der Waals surface area contributed by atoms with Gasteiger partial charge in [0.2, 0.25) is 5.89 Å². The van der Waals surface area contributed by atoms with E-state index >= 15 is 0 Å². The largest absolute Gasteiger partial charge is 0.444 e. The first-order valence-corrected chi connectivity index (χ1v) is 8.28. The summed E-state index contributed by atoms with van der Waals surface area (Å²) < 4.78 is 5.53. The Hall–Kier alpha value is -2.34. The first-order chi connectivity index (χ1) is 11.6. The minimum Gasteiger partial charge on any atom is -0.444 e. The number of oxazole rings is 1. The van der Waals surface area contributed by atoms with Crippen LogP contribution in [0.1, 0.15) is 42.4 Å². The first-order valence-electron chi connectivity index (χ1n) is 8.28. The van der Waals surface area contributed by atoms with Crippen molar-refractivity contribution < 1.29 is 9.52 Å². The van der Waals surface area contributed by atoms with Crippen LogP contribution in [0, 0.1) is 13.8 Å². The van der Waals surface area contributed by atoms with E-state index in [0.717, 1.165) is 23.6 Å². The van der Waals surface area contributed by atoms with E-state index in [1.807, 2.05) is 51.1 Å². The highest BCUT2D eigenvalue weighted by Crippen LogP contribution is 2.14. The molecule has 0 aliphatic heterocycles. The minimum absolute atomic E-state index is 0.380. The lowest BCUT2D eigenvalue weighted by atomic mass is 10.1. The predicted molar refractivity (Wildman–Crippen MR) is 94.8 cm³/mol. The maximum atomic E-state index is 10.2. The van der Waals surface area contributed by atoms with Crippen molar-refractivity contribution in [1.82, 2.24) is 15.6 Å². The standard InChI is InChI=1S/C18H26N4O2/c1-4-19-18(21-12-17-22-13(2)14(3)24-17)20-11-10-16(23)15-8-6-5-7-9-15/h5-9,16,23H,4,10-12H2,1-3H3,(H2,19,20,21). The van der Waals surface area contributed by atoms with Crippen molar-refractivity contribution >= 4 is 5.96 Å². The molecule has 0 spiro atoms. The lowest BCUT2D eigenvalue weighted by Crippen LogP contribution is -2.38. The molecule has 0 saturated heterocycles. The van der Waals surface area contributed by atoms with Gasteiger partial charge in [0.25, 0.3) is 0 Å². The number of aromatic nitrogens is 1. The number of aliphatic imine (C=N–C) groups is 1. The Morgan fingerprint density at radius 3 is 2.62 bits per heavy atom. The summed E-state index contributed by atoms with van der Waals surface area (Å²) in [5.41, 5.74) is 1.82. The molecule has 1 heterocycles. The van der Waals surface area contributed by atoms with Gasteiger partial charge in [0.05, 0.1) is 11.8 Å². The van der Waals surface area contributed by atoms with Gasteiger partial charge in [-0.05, 0) is 32.8 Å². The molecular formula is C18H26N4O2. The summed E-state index contributed by atoms with van der Waals surface area (Å²) in [7, 11) is 0. The van der Waals surface area contributed by atoms with Crippen LogP contribution < -0.4 is 10.6 Å². The topological polar surface area (TPSA) is 82.7 Å². The van der Waals surface area contributed by atoms with Crippen molar-refractivity contribution in [3.05, 3.63) is 53.2 Å². The van der Waals surface area contributed by atoms with Gasteiger partial charge in [0, 0.05) is 13.1 Å². The molecule has 0 aliphatic rings. The van der Waals surface area contributed by atoms with E-state index in [1.165, 1.54) is 0 Å². The molecule has 0 aliphatic carbocycles. The molecule has 6 heteroatoms. The van der Waals surface area contributed by atoms with E-state index in [-0.39, 0.29) is 0 Å². The lowest BCUT2D eigenvalue weighted by molar-refractivity contribution is 0.168. The molecule has 1 unspecified atom stereocenters. The van der Waals surface area contributed by atoms with Gasteiger partial charge in [0.1, 0.15) is 12.3 Å². The third kappa shape index (κ3) is 5.38.